The van der Waals surface area contributed by atoms with Gasteiger partial charge in [-0.2, -0.15) is 0 Å². The van der Waals surface area contributed by atoms with Crippen LogP contribution in [0.5, 0.6) is 5.88 Å². The van der Waals surface area contributed by atoms with Crippen LogP contribution in [-0.4, -0.2) is 66.8 Å². The fourth-order valence-corrected chi connectivity index (χ4v) is 3.25. The van der Waals surface area contributed by atoms with Crippen molar-refractivity contribution in [2.75, 3.05) is 40.0 Å². The zero-order valence-electron chi connectivity index (χ0n) is 12.3. The minimum atomic E-state index is 0.523. The molecule has 0 unspecified atom stereocenters. The fraction of sp³-hybridized carbons (Fsp3) is 0.667. The molecular weight excluding hydrogens is 254 g/mol. The Kier molecular flexibility index (Phi) is 4.19. The SMILES string of the molecule is COc1ncccc1CN1CCN2[C@@H](COC[C@@H]2C)C1. The third kappa shape index (κ3) is 2.80. The van der Waals surface area contributed by atoms with Crippen LogP contribution < -0.4 is 4.74 Å². The van der Waals surface area contributed by atoms with Gasteiger partial charge in [0.05, 0.1) is 20.3 Å². The number of hydrogen-bond donors (Lipinski definition) is 0. The monoisotopic (exact) mass is 277 g/mol. The van der Waals surface area contributed by atoms with Gasteiger partial charge < -0.3 is 9.47 Å². The van der Waals surface area contributed by atoms with Crippen LogP contribution in [0.25, 0.3) is 0 Å². The largest absolute Gasteiger partial charge is 0.481 e. The summed E-state index contributed by atoms with van der Waals surface area (Å²) < 4.78 is 11.0. The lowest BCUT2D eigenvalue weighted by Crippen LogP contribution is -2.60. The first-order chi connectivity index (χ1) is 9.78. The van der Waals surface area contributed by atoms with Gasteiger partial charge in [-0.1, -0.05) is 6.07 Å². The van der Waals surface area contributed by atoms with Crippen LogP contribution in [-0.2, 0) is 11.3 Å². The molecule has 0 bridgehead atoms. The van der Waals surface area contributed by atoms with Gasteiger partial charge >= 0.3 is 0 Å². The Morgan fingerprint density at radius 1 is 1.40 bits per heavy atom. The van der Waals surface area contributed by atoms with Gasteiger partial charge in [0.2, 0.25) is 5.88 Å². The van der Waals surface area contributed by atoms with Gasteiger partial charge in [-0.05, 0) is 13.0 Å². The van der Waals surface area contributed by atoms with E-state index in [2.05, 4.69) is 27.8 Å². The maximum atomic E-state index is 5.69. The summed E-state index contributed by atoms with van der Waals surface area (Å²) in [5, 5.41) is 0. The molecule has 0 aromatic carbocycles. The summed E-state index contributed by atoms with van der Waals surface area (Å²) in [5.74, 6) is 0.739. The molecule has 2 atom stereocenters. The van der Waals surface area contributed by atoms with Crippen LogP contribution in [0.1, 0.15) is 12.5 Å². The Balaban J connectivity index is 1.65. The van der Waals surface area contributed by atoms with Gasteiger partial charge in [-0.3, -0.25) is 9.80 Å². The van der Waals surface area contributed by atoms with E-state index in [9.17, 15) is 0 Å². The van der Waals surface area contributed by atoms with E-state index in [4.69, 9.17) is 9.47 Å². The van der Waals surface area contributed by atoms with Crippen molar-refractivity contribution in [1.29, 1.82) is 0 Å². The number of nitrogens with zero attached hydrogens (tertiary/aromatic N) is 3. The van der Waals surface area contributed by atoms with Gasteiger partial charge in [-0.15, -0.1) is 0 Å². The van der Waals surface area contributed by atoms with E-state index in [0.717, 1.165) is 50.8 Å². The Morgan fingerprint density at radius 2 is 2.30 bits per heavy atom. The third-order valence-electron chi connectivity index (χ3n) is 4.29. The summed E-state index contributed by atoms with van der Waals surface area (Å²) in [6, 6.07) is 5.14. The molecule has 0 N–H and O–H groups in total. The molecule has 20 heavy (non-hydrogen) atoms. The number of piperazine rings is 1. The second-order valence-corrected chi connectivity index (χ2v) is 5.69. The number of pyridine rings is 1. The number of methoxy groups -OCH3 is 1. The molecule has 0 aliphatic carbocycles. The molecule has 110 valence electrons. The van der Waals surface area contributed by atoms with Gasteiger partial charge in [0, 0.05) is 50.0 Å². The summed E-state index contributed by atoms with van der Waals surface area (Å²) in [5.41, 5.74) is 1.16. The van der Waals surface area contributed by atoms with E-state index in [1.54, 1.807) is 13.3 Å². The van der Waals surface area contributed by atoms with Crippen LogP contribution in [0, 0.1) is 0 Å². The van der Waals surface area contributed by atoms with E-state index < -0.39 is 0 Å². The lowest BCUT2D eigenvalue weighted by molar-refractivity contribution is -0.0766. The van der Waals surface area contributed by atoms with E-state index >= 15 is 0 Å². The summed E-state index contributed by atoms with van der Waals surface area (Å²) in [4.78, 5) is 9.33. The predicted octanol–water partition coefficient (Wildman–Crippen LogP) is 0.995. The van der Waals surface area contributed by atoms with Crippen molar-refractivity contribution >= 4 is 0 Å². The quantitative estimate of drug-likeness (QED) is 0.824. The highest BCUT2D eigenvalue weighted by molar-refractivity contribution is 5.25. The fourth-order valence-electron chi connectivity index (χ4n) is 3.25. The third-order valence-corrected chi connectivity index (χ3v) is 4.29. The molecule has 1 aromatic rings. The first-order valence-electron chi connectivity index (χ1n) is 7.31. The summed E-state index contributed by atoms with van der Waals surface area (Å²) in [6.45, 7) is 8.15. The normalized spacial score (nSPS) is 28.1. The van der Waals surface area contributed by atoms with Crippen molar-refractivity contribution in [3.8, 4) is 5.88 Å². The molecule has 0 amide bonds. The first kappa shape index (κ1) is 13.8. The molecule has 2 aliphatic rings. The Labute approximate surface area is 120 Å². The lowest BCUT2D eigenvalue weighted by atomic mass is 10.1. The van der Waals surface area contributed by atoms with Crippen LogP contribution in [0.3, 0.4) is 0 Å². The Morgan fingerprint density at radius 3 is 3.15 bits per heavy atom. The van der Waals surface area contributed by atoms with E-state index in [1.165, 1.54) is 0 Å². The van der Waals surface area contributed by atoms with Crippen molar-refractivity contribution < 1.29 is 9.47 Å². The summed E-state index contributed by atoms with van der Waals surface area (Å²) >= 11 is 0. The molecular formula is C15H23N3O2. The second-order valence-electron chi connectivity index (χ2n) is 5.69. The molecule has 5 nitrogen and oxygen atoms in total. The van der Waals surface area contributed by atoms with E-state index in [1.807, 2.05) is 6.07 Å². The van der Waals surface area contributed by atoms with Crippen molar-refractivity contribution in [2.45, 2.75) is 25.6 Å². The summed E-state index contributed by atoms with van der Waals surface area (Å²) in [6.07, 6.45) is 1.77. The average molecular weight is 277 g/mol. The van der Waals surface area contributed by atoms with Crippen LogP contribution in [0.4, 0.5) is 0 Å². The molecule has 2 aliphatic heterocycles. The minimum absolute atomic E-state index is 0.523. The summed E-state index contributed by atoms with van der Waals surface area (Å²) in [7, 11) is 1.68. The van der Waals surface area contributed by atoms with E-state index in [-0.39, 0.29) is 0 Å². The lowest BCUT2D eigenvalue weighted by Gasteiger charge is -2.47. The minimum Gasteiger partial charge on any atom is -0.481 e. The number of ether oxygens (including phenoxy) is 2. The molecule has 0 saturated carbocycles. The van der Waals surface area contributed by atoms with Crippen LogP contribution in [0.15, 0.2) is 18.3 Å². The predicted molar refractivity (Wildman–Crippen MR) is 76.8 cm³/mol. The first-order valence-corrected chi connectivity index (χ1v) is 7.31. The second kappa shape index (κ2) is 6.08. The average Bonchev–Trinajstić information content (AvgIpc) is 2.48. The zero-order valence-corrected chi connectivity index (χ0v) is 12.3. The van der Waals surface area contributed by atoms with Crippen molar-refractivity contribution in [3.63, 3.8) is 0 Å². The van der Waals surface area contributed by atoms with E-state index in [0.29, 0.717) is 12.1 Å². The van der Waals surface area contributed by atoms with Crippen molar-refractivity contribution in [3.05, 3.63) is 23.9 Å². The van der Waals surface area contributed by atoms with Crippen molar-refractivity contribution in [2.24, 2.45) is 0 Å². The molecule has 0 spiro atoms. The molecule has 0 radical (unpaired) electrons. The van der Waals surface area contributed by atoms with Gasteiger partial charge in [0.1, 0.15) is 0 Å². The molecule has 2 saturated heterocycles. The Bertz CT molecular complexity index is 454. The van der Waals surface area contributed by atoms with Gasteiger partial charge in [0.25, 0.3) is 0 Å². The van der Waals surface area contributed by atoms with Crippen LogP contribution >= 0.6 is 0 Å². The maximum absolute atomic E-state index is 5.69. The smallest absolute Gasteiger partial charge is 0.217 e. The highest BCUT2D eigenvalue weighted by atomic mass is 16.5. The molecule has 2 fully saturated rings. The number of morpholine rings is 1. The zero-order chi connectivity index (χ0) is 13.9. The number of aromatic nitrogens is 1. The molecule has 5 heteroatoms. The highest BCUT2D eigenvalue weighted by Gasteiger charge is 2.33. The van der Waals surface area contributed by atoms with Gasteiger partial charge in [-0.25, -0.2) is 4.98 Å². The number of hydrogen-bond acceptors (Lipinski definition) is 5. The molecule has 1 aromatic heterocycles. The standard InChI is InChI=1S/C15H23N3O2/c1-12-10-20-11-14-9-17(6-7-18(12)14)8-13-4-3-5-16-15(13)19-2/h3-5,12,14H,6-11H2,1-2H3/t12-,14+/m0/s1. The van der Waals surface area contributed by atoms with Gasteiger partial charge in [0.15, 0.2) is 0 Å². The number of rotatable bonds is 3. The van der Waals surface area contributed by atoms with Crippen LogP contribution in [0.2, 0.25) is 0 Å². The molecule has 3 rings (SSSR count). The maximum Gasteiger partial charge on any atom is 0.217 e. The topological polar surface area (TPSA) is 37.8 Å². The Hall–Kier alpha value is -1.17. The highest BCUT2D eigenvalue weighted by Crippen LogP contribution is 2.22. The number of fused-ring (bicyclic) bond motifs is 1. The van der Waals surface area contributed by atoms with Crippen molar-refractivity contribution in [1.82, 2.24) is 14.8 Å². The molecule has 3 heterocycles.